The molecule has 72 valence electrons. The van der Waals surface area contributed by atoms with Gasteiger partial charge in [0.1, 0.15) is 0 Å². The Bertz CT molecular complexity index is 330. The summed E-state index contributed by atoms with van der Waals surface area (Å²) >= 11 is 0. The molecule has 0 aliphatic rings. The molecule has 1 aromatic heterocycles. The number of ether oxygens (including phenoxy) is 1. The Morgan fingerprint density at radius 3 is 2.71 bits per heavy atom. The molecule has 3 nitrogen and oxygen atoms in total. The Balaban J connectivity index is 2.34. The van der Waals surface area contributed by atoms with Crippen LogP contribution in [-0.2, 0) is 16.1 Å². The van der Waals surface area contributed by atoms with E-state index in [1.54, 1.807) is 6.08 Å². The number of allylic oxidation sites excluding steroid dienone is 1. The summed E-state index contributed by atoms with van der Waals surface area (Å²) in [5, 5.41) is 0. The Morgan fingerprint density at radius 2 is 2.07 bits per heavy atom. The summed E-state index contributed by atoms with van der Waals surface area (Å²) in [4.78, 5) is 10.6. The molecule has 0 fully saturated rings. The highest BCUT2D eigenvalue weighted by molar-refractivity contribution is 5.81. The lowest BCUT2D eigenvalue weighted by atomic mass is 10.5. The van der Waals surface area contributed by atoms with Gasteiger partial charge in [0.25, 0.3) is 0 Å². The first-order valence-electron chi connectivity index (χ1n) is 4.25. The number of hydrogen-bond acceptors (Lipinski definition) is 2. The van der Waals surface area contributed by atoms with Crippen molar-refractivity contribution in [2.45, 2.75) is 6.54 Å². The maximum absolute atomic E-state index is 10.6. The molecule has 0 amide bonds. The number of aromatic nitrogens is 1. The lowest BCUT2D eigenvalue weighted by molar-refractivity contribution is -0.687. The van der Waals surface area contributed by atoms with E-state index in [1.807, 2.05) is 35.2 Å². The maximum atomic E-state index is 10.6. The zero-order valence-corrected chi connectivity index (χ0v) is 7.80. The Kier molecular flexibility index (Phi) is 4.14. The Hall–Kier alpha value is -1.90. The molecule has 0 saturated carbocycles. The van der Waals surface area contributed by atoms with Crippen LogP contribution >= 0.6 is 0 Å². The van der Waals surface area contributed by atoms with E-state index in [0.717, 1.165) is 6.08 Å². The first-order chi connectivity index (χ1) is 6.83. The first-order valence-corrected chi connectivity index (χ1v) is 4.25. The molecule has 0 atom stereocenters. The van der Waals surface area contributed by atoms with Crippen LogP contribution in [0.1, 0.15) is 0 Å². The van der Waals surface area contributed by atoms with Crippen LogP contribution in [0.5, 0.6) is 0 Å². The summed E-state index contributed by atoms with van der Waals surface area (Å²) in [6.07, 6.45) is 8.10. The van der Waals surface area contributed by atoms with Crippen LogP contribution in [0.3, 0.4) is 0 Å². The molecule has 0 unspecified atom stereocenters. The number of rotatable bonds is 4. The van der Waals surface area contributed by atoms with Crippen molar-refractivity contribution in [2.75, 3.05) is 0 Å². The number of carbonyl (C=O) groups is 1. The van der Waals surface area contributed by atoms with Gasteiger partial charge in [0, 0.05) is 24.3 Å². The second-order valence-electron chi connectivity index (χ2n) is 2.59. The number of pyridine rings is 1. The summed E-state index contributed by atoms with van der Waals surface area (Å²) in [7, 11) is 0. The van der Waals surface area contributed by atoms with Crippen molar-refractivity contribution in [3.63, 3.8) is 0 Å². The summed E-state index contributed by atoms with van der Waals surface area (Å²) in [5.41, 5.74) is 0. The van der Waals surface area contributed by atoms with E-state index in [0.29, 0.717) is 6.54 Å². The van der Waals surface area contributed by atoms with Gasteiger partial charge in [-0.05, 0) is 0 Å². The normalized spacial score (nSPS) is 10.0. The number of hydrogen-bond donors (Lipinski definition) is 0. The molecule has 3 heteroatoms. The fourth-order valence-corrected chi connectivity index (χ4v) is 0.884. The van der Waals surface area contributed by atoms with E-state index in [4.69, 9.17) is 0 Å². The predicted octanol–water partition coefficient (Wildman–Crippen LogP) is 1.22. The average Bonchev–Trinajstić information content (AvgIpc) is 2.25. The third-order valence-corrected chi connectivity index (χ3v) is 1.54. The highest BCUT2D eigenvalue weighted by Gasteiger charge is 1.93. The monoisotopic (exact) mass is 190 g/mol. The van der Waals surface area contributed by atoms with E-state index in [2.05, 4.69) is 11.3 Å². The molecule has 1 heterocycles. The molecule has 14 heavy (non-hydrogen) atoms. The SMILES string of the molecule is C=CC(=O)OC=CC[n+]1ccccc1. The zero-order chi connectivity index (χ0) is 10.2. The van der Waals surface area contributed by atoms with Crippen LogP contribution in [0, 0.1) is 0 Å². The van der Waals surface area contributed by atoms with Crippen molar-refractivity contribution in [2.24, 2.45) is 0 Å². The molecule has 1 rings (SSSR count). The largest absolute Gasteiger partial charge is 0.431 e. The van der Waals surface area contributed by atoms with Crippen molar-refractivity contribution in [1.29, 1.82) is 0 Å². The highest BCUT2D eigenvalue weighted by Crippen LogP contribution is 1.82. The van der Waals surface area contributed by atoms with Crippen molar-refractivity contribution >= 4 is 5.97 Å². The topological polar surface area (TPSA) is 30.2 Å². The van der Waals surface area contributed by atoms with E-state index < -0.39 is 5.97 Å². The molecule has 0 aliphatic carbocycles. The maximum Gasteiger partial charge on any atom is 0.334 e. The minimum absolute atomic E-state index is 0.445. The van der Waals surface area contributed by atoms with Gasteiger partial charge in [-0.3, -0.25) is 0 Å². The molecule has 0 spiro atoms. The van der Waals surface area contributed by atoms with Gasteiger partial charge in [-0.2, -0.15) is 0 Å². The van der Waals surface area contributed by atoms with E-state index in [-0.39, 0.29) is 0 Å². The quantitative estimate of drug-likeness (QED) is 0.309. The zero-order valence-electron chi connectivity index (χ0n) is 7.80. The van der Waals surface area contributed by atoms with E-state index in [1.165, 1.54) is 6.26 Å². The second-order valence-corrected chi connectivity index (χ2v) is 2.59. The van der Waals surface area contributed by atoms with Gasteiger partial charge >= 0.3 is 5.97 Å². The van der Waals surface area contributed by atoms with Crippen LogP contribution in [0.15, 0.2) is 55.6 Å². The molecule has 1 aromatic rings. The van der Waals surface area contributed by atoms with Crippen molar-refractivity contribution in [3.05, 3.63) is 55.6 Å². The minimum atomic E-state index is -0.445. The smallest absolute Gasteiger partial charge is 0.334 e. The fourth-order valence-electron chi connectivity index (χ4n) is 0.884. The predicted molar refractivity (Wildman–Crippen MR) is 52.1 cm³/mol. The van der Waals surface area contributed by atoms with Crippen LogP contribution in [0.25, 0.3) is 0 Å². The van der Waals surface area contributed by atoms with Gasteiger partial charge in [0.05, 0.1) is 6.26 Å². The van der Waals surface area contributed by atoms with Gasteiger partial charge in [0.2, 0.25) is 0 Å². The summed E-state index contributed by atoms with van der Waals surface area (Å²) in [6, 6.07) is 5.81. The fraction of sp³-hybridized carbons (Fsp3) is 0.0909. The van der Waals surface area contributed by atoms with Crippen molar-refractivity contribution < 1.29 is 14.1 Å². The summed E-state index contributed by atoms with van der Waals surface area (Å²) < 4.78 is 6.62. The molecular formula is C11H12NO2+. The van der Waals surface area contributed by atoms with E-state index in [9.17, 15) is 4.79 Å². The molecule has 0 saturated heterocycles. The Labute approximate surface area is 82.9 Å². The lowest BCUT2D eigenvalue weighted by Crippen LogP contribution is -2.30. The molecule has 0 N–H and O–H groups in total. The van der Waals surface area contributed by atoms with Crippen LogP contribution < -0.4 is 4.57 Å². The molecular weight excluding hydrogens is 178 g/mol. The molecule has 0 aromatic carbocycles. The van der Waals surface area contributed by atoms with Crippen molar-refractivity contribution in [1.82, 2.24) is 0 Å². The number of nitrogens with zero attached hydrogens (tertiary/aromatic N) is 1. The van der Waals surface area contributed by atoms with Gasteiger partial charge in [-0.15, -0.1) is 0 Å². The minimum Gasteiger partial charge on any atom is -0.431 e. The molecule has 0 aliphatic heterocycles. The lowest BCUT2D eigenvalue weighted by Gasteiger charge is -1.91. The van der Waals surface area contributed by atoms with Gasteiger partial charge in [0.15, 0.2) is 18.9 Å². The third kappa shape index (κ3) is 3.67. The second kappa shape index (κ2) is 5.70. The molecule has 0 radical (unpaired) electrons. The number of carbonyl (C=O) groups excluding carboxylic acids is 1. The molecule has 0 bridgehead atoms. The summed E-state index contributed by atoms with van der Waals surface area (Å²) in [6.45, 7) is 3.96. The number of esters is 1. The third-order valence-electron chi connectivity index (χ3n) is 1.54. The van der Waals surface area contributed by atoms with E-state index >= 15 is 0 Å². The van der Waals surface area contributed by atoms with Gasteiger partial charge in [-0.25, -0.2) is 9.36 Å². The Morgan fingerprint density at radius 1 is 1.36 bits per heavy atom. The average molecular weight is 190 g/mol. The highest BCUT2D eigenvalue weighted by atomic mass is 16.5. The first kappa shape index (κ1) is 10.2. The summed E-state index contributed by atoms with van der Waals surface area (Å²) in [5.74, 6) is -0.445. The van der Waals surface area contributed by atoms with Gasteiger partial charge in [-0.1, -0.05) is 12.6 Å². The van der Waals surface area contributed by atoms with Crippen LogP contribution in [-0.4, -0.2) is 5.97 Å². The van der Waals surface area contributed by atoms with Crippen LogP contribution in [0.4, 0.5) is 0 Å². The van der Waals surface area contributed by atoms with Crippen LogP contribution in [0.2, 0.25) is 0 Å². The van der Waals surface area contributed by atoms with Gasteiger partial charge < -0.3 is 4.74 Å². The van der Waals surface area contributed by atoms with Crippen molar-refractivity contribution in [3.8, 4) is 0 Å². The standard InChI is InChI=1S/C11H12NO2/c1-2-11(13)14-10-6-9-12-7-4-3-5-8-12/h2-8,10H,1,9H2/q+1.